The molecule has 0 N–H and O–H groups in total. The number of hydrogen-bond donors (Lipinski definition) is 0. The molecule has 0 unspecified atom stereocenters. The third-order valence-electron chi connectivity index (χ3n) is 5.41. The van der Waals surface area contributed by atoms with Gasteiger partial charge in [0, 0.05) is 43.9 Å². The second-order valence-electron chi connectivity index (χ2n) is 7.42. The van der Waals surface area contributed by atoms with Crippen molar-refractivity contribution in [2.45, 2.75) is 12.8 Å². The lowest BCUT2D eigenvalue weighted by Gasteiger charge is -2.36. The van der Waals surface area contributed by atoms with Gasteiger partial charge in [0.15, 0.2) is 17.3 Å². The summed E-state index contributed by atoms with van der Waals surface area (Å²) in [6.07, 6.45) is 4.75. The van der Waals surface area contributed by atoms with Gasteiger partial charge in [-0.15, -0.1) is 0 Å². The van der Waals surface area contributed by atoms with E-state index in [1.165, 1.54) is 0 Å². The Bertz CT molecular complexity index is 940. The molecule has 2 aliphatic rings. The number of benzene rings is 2. The van der Waals surface area contributed by atoms with Gasteiger partial charge in [-0.05, 0) is 55.4 Å². The van der Waals surface area contributed by atoms with Gasteiger partial charge >= 0.3 is 0 Å². The van der Waals surface area contributed by atoms with Crippen LogP contribution in [0.25, 0.3) is 0 Å². The smallest absolute Gasteiger partial charge is 0.168 e. The molecule has 0 saturated carbocycles. The van der Waals surface area contributed by atoms with Crippen molar-refractivity contribution in [2.75, 3.05) is 44.2 Å². The van der Waals surface area contributed by atoms with Gasteiger partial charge in [-0.1, -0.05) is 23.2 Å². The van der Waals surface area contributed by atoms with Crippen molar-refractivity contribution in [3.63, 3.8) is 0 Å². The summed E-state index contributed by atoms with van der Waals surface area (Å²) in [6, 6.07) is 11.1. The summed E-state index contributed by atoms with van der Waals surface area (Å²) in [5, 5.41) is 1.16. The molecule has 2 aliphatic heterocycles. The van der Waals surface area contributed by atoms with Gasteiger partial charge in [0.25, 0.3) is 0 Å². The Kier molecular flexibility index (Phi) is 6.82. The van der Waals surface area contributed by atoms with E-state index in [0.29, 0.717) is 40.1 Å². The van der Waals surface area contributed by atoms with Gasteiger partial charge in [-0.3, -0.25) is 9.69 Å². The summed E-state index contributed by atoms with van der Waals surface area (Å²) < 4.78 is 11.1. The Morgan fingerprint density at radius 1 is 0.967 bits per heavy atom. The molecule has 158 valence electrons. The van der Waals surface area contributed by atoms with Crippen molar-refractivity contribution in [1.29, 1.82) is 0 Å². The van der Waals surface area contributed by atoms with E-state index in [9.17, 15) is 4.79 Å². The Balaban J connectivity index is 1.23. The van der Waals surface area contributed by atoms with E-state index in [1.807, 2.05) is 18.2 Å². The van der Waals surface area contributed by atoms with Gasteiger partial charge in [0.1, 0.15) is 6.61 Å². The lowest BCUT2D eigenvalue weighted by atomic mass is 10.1. The summed E-state index contributed by atoms with van der Waals surface area (Å²) in [4.78, 5) is 17.3. The number of hydrogen-bond acceptors (Lipinski definition) is 5. The first-order valence-corrected chi connectivity index (χ1v) is 10.9. The zero-order chi connectivity index (χ0) is 20.9. The Morgan fingerprint density at radius 2 is 1.80 bits per heavy atom. The van der Waals surface area contributed by atoms with Crippen molar-refractivity contribution in [2.24, 2.45) is 0 Å². The maximum absolute atomic E-state index is 12.6. The molecule has 4 rings (SSSR count). The fraction of sp³-hybridized carbons (Fsp3) is 0.348. The van der Waals surface area contributed by atoms with Gasteiger partial charge < -0.3 is 14.4 Å². The average Bonchev–Trinajstić information content (AvgIpc) is 3.01. The normalized spacial score (nSPS) is 16.4. The van der Waals surface area contributed by atoms with Crippen LogP contribution in [0.5, 0.6) is 11.5 Å². The highest BCUT2D eigenvalue weighted by Gasteiger charge is 2.18. The zero-order valence-corrected chi connectivity index (χ0v) is 18.2. The van der Waals surface area contributed by atoms with E-state index in [4.69, 9.17) is 32.7 Å². The fourth-order valence-electron chi connectivity index (χ4n) is 3.71. The molecule has 1 saturated heterocycles. The van der Waals surface area contributed by atoms with Crippen LogP contribution < -0.4 is 14.4 Å². The molecule has 30 heavy (non-hydrogen) atoms. The first-order chi connectivity index (χ1) is 14.6. The van der Waals surface area contributed by atoms with E-state index in [0.717, 1.165) is 44.8 Å². The third kappa shape index (κ3) is 5.09. The number of nitrogens with zero attached hydrogens (tertiary/aromatic N) is 2. The molecule has 0 aliphatic carbocycles. The second kappa shape index (κ2) is 9.73. The lowest BCUT2D eigenvalue weighted by molar-refractivity contribution is 0.0973. The number of piperazine rings is 1. The van der Waals surface area contributed by atoms with Gasteiger partial charge in [0.05, 0.1) is 16.3 Å². The number of fused-ring (bicyclic) bond motifs is 1. The third-order valence-corrected chi connectivity index (χ3v) is 6.15. The minimum Gasteiger partial charge on any atom is -0.485 e. The number of halogens is 2. The topological polar surface area (TPSA) is 42.0 Å². The monoisotopic (exact) mass is 446 g/mol. The highest BCUT2D eigenvalue weighted by molar-refractivity contribution is 6.42. The zero-order valence-electron chi connectivity index (χ0n) is 16.7. The number of rotatable bonds is 6. The molecule has 7 heteroatoms. The van der Waals surface area contributed by atoms with E-state index >= 15 is 0 Å². The molecule has 0 amide bonds. The predicted octanol–water partition coefficient (Wildman–Crippen LogP) is 5.06. The molecule has 0 bridgehead atoms. The van der Waals surface area contributed by atoms with Crippen LogP contribution in [0.15, 0.2) is 48.7 Å². The van der Waals surface area contributed by atoms with Crippen LogP contribution in [0.4, 0.5) is 5.69 Å². The van der Waals surface area contributed by atoms with Crippen LogP contribution in [0.1, 0.15) is 23.2 Å². The van der Waals surface area contributed by atoms with Crippen molar-refractivity contribution in [3.8, 4) is 11.5 Å². The van der Waals surface area contributed by atoms with E-state index < -0.39 is 0 Å². The standard InChI is InChI=1S/C23H24Cl2N2O3/c24-19-6-5-18(16-20(19)25)27-11-9-26(10-12-27)8-1-3-21(28)17-4-7-22-23(15-17)30-14-2-13-29-22/h2,4-7,13,15-16H,1,3,8-12,14H2. The second-order valence-corrected chi connectivity index (χ2v) is 8.23. The predicted molar refractivity (Wildman–Crippen MR) is 120 cm³/mol. The number of carbonyl (C=O) groups is 1. The Hall–Kier alpha value is -2.21. The molecule has 0 atom stereocenters. The van der Waals surface area contributed by atoms with Gasteiger partial charge in [0.2, 0.25) is 0 Å². The van der Waals surface area contributed by atoms with E-state index in [2.05, 4.69) is 9.80 Å². The molecular weight excluding hydrogens is 423 g/mol. The van der Waals surface area contributed by atoms with Gasteiger partial charge in [-0.25, -0.2) is 0 Å². The summed E-state index contributed by atoms with van der Waals surface area (Å²) >= 11 is 12.1. The summed E-state index contributed by atoms with van der Waals surface area (Å²) in [6.45, 7) is 5.15. The van der Waals surface area contributed by atoms with Crippen molar-refractivity contribution < 1.29 is 14.3 Å². The van der Waals surface area contributed by atoms with Gasteiger partial charge in [-0.2, -0.15) is 0 Å². The number of ether oxygens (including phenoxy) is 2. The first kappa shape index (κ1) is 21.0. The molecule has 5 nitrogen and oxygen atoms in total. The maximum Gasteiger partial charge on any atom is 0.168 e. The Labute approximate surface area is 186 Å². The lowest BCUT2D eigenvalue weighted by Crippen LogP contribution is -2.46. The number of Topliss-reactive ketones (excluding diaryl/α,β-unsaturated/α-hetero) is 1. The summed E-state index contributed by atoms with van der Waals surface area (Å²) in [5.41, 5.74) is 1.77. The van der Waals surface area contributed by atoms with Crippen LogP contribution in [0.3, 0.4) is 0 Å². The molecule has 2 aromatic carbocycles. The summed E-state index contributed by atoms with van der Waals surface area (Å²) in [5.74, 6) is 1.39. The van der Waals surface area contributed by atoms with Crippen LogP contribution in [0.2, 0.25) is 10.0 Å². The van der Waals surface area contributed by atoms with Crippen molar-refractivity contribution >= 4 is 34.7 Å². The minimum absolute atomic E-state index is 0.132. The van der Waals surface area contributed by atoms with Crippen molar-refractivity contribution in [1.82, 2.24) is 4.90 Å². The fourth-order valence-corrected chi connectivity index (χ4v) is 4.00. The Morgan fingerprint density at radius 3 is 2.60 bits per heavy atom. The largest absolute Gasteiger partial charge is 0.485 e. The molecule has 0 radical (unpaired) electrons. The number of carbonyl (C=O) groups excluding carboxylic acids is 1. The molecule has 2 aromatic rings. The number of anilines is 1. The highest BCUT2D eigenvalue weighted by Crippen LogP contribution is 2.31. The molecule has 0 spiro atoms. The van der Waals surface area contributed by atoms with E-state index in [-0.39, 0.29) is 5.78 Å². The molecule has 1 fully saturated rings. The first-order valence-electron chi connectivity index (χ1n) is 10.1. The van der Waals surface area contributed by atoms with Crippen LogP contribution in [0, 0.1) is 0 Å². The van der Waals surface area contributed by atoms with E-state index in [1.54, 1.807) is 30.5 Å². The van der Waals surface area contributed by atoms with Crippen LogP contribution >= 0.6 is 23.2 Å². The quantitative estimate of drug-likeness (QED) is 0.579. The molecule has 0 aromatic heterocycles. The SMILES string of the molecule is O=C(CCCN1CCN(c2ccc(Cl)c(Cl)c2)CC1)c1ccc2c(c1)OCC=CO2. The van der Waals surface area contributed by atoms with Crippen LogP contribution in [-0.2, 0) is 0 Å². The van der Waals surface area contributed by atoms with Crippen LogP contribution in [-0.4, -0.2) is 50.0 Å². The average molecular weight is 447 g/mol. The molecular formula is C23H24Cl2N2O3. The number of ketones is 1. The maximum atomic E-state index is 12.6. The van der Waals surface area contributed by atoms with Crippen molar-refractivity contribution in [3.05, 3.63) is 64.3 Å². The highest BCUT2D eigenvalue weighted by atomic mass is 35.5. The summed E-state index contributed by atoms with van der Waals surface area (Å²) in [7, 11) is 0. The molecule has 2 heterocycles. The minimum atomic E-state index is 0.132.